The summed E-state index contributed by atoms with van der Waals surface area (Å²) >= 11 is 17.5. The first kappa shape index (κ1) is 50.1. The van der Waals surface area contributed by atoms with Crippen molar-refractivity contribution in [3.8, 4) is 0 Å². The summed E-state index contributed by atoms with van der Waals surface area (Å²) in [5.74, 6) is 1.82. The molecule has 4 aromatic carbocycles. The van der Waals surface area contributed by atoms with Gasteiger partial charge in [-0.25, -0.2) is 0 Å². The Kier molecular flexibility index (Phi) is 18.7. The van der Waals surface area contributed by atoms with Gasteiger partial charge in [0.25, 0.3) is 11.1 Å². The maximum Gasteiger partial charge on any atom is 0.254 e. The van der Waals surface area contributed by atoms with Crippen molar-refractivity contribution in [2.75, 3.05) is 42.5 Å². The lowest BCUT2D eigenvalue weighted by Crippen LogP contribution is -2.58. The summed E-state index contributed by atoms with van der Waals surface area (Å²) in [6, 6.07) is 36.5. The van der Waals surface area contributed by atoms with Crippen LogP contribution in [-0.4, -0.2) is 110 Å². The lowest BCUT2D eigenvalue weighted by atomic mass is 10.0. The number of nitrogens with one attached hydrogen (secondary N) is 1. The third-order valence-electron chi connectivity index (χ3n) is 11.5. The molecule has 0 unspecified atom stereocenters. The van der Waals surface area contributed by atoms with Crippen molar-refractivity contribution in [3.63, 3.8) is 0 Å². The van der Waals surface area contributed by atoms with E-state index >= 15 is 0 Å². The zero-order valence-corrected chi connectivity index (χ0v) is 40.7. The Morgan fingerprint density at radius 1 is 0.609 bits per heavy atom. The van der Waals surface area contributed by atoms with Crippen LogP contribution in [0.4, 0.5) is 11.6 Å². The number of benzene rings is 4. The molecule has 4 heterocycles. The van der Waals surface area contributed by atoms with Gasteiger partial charge in [-0.05, 0) is 85.7 Å². The van der Waals surface area contributed by atoms with Gasteiger partial charge in [0.05, 0.1) is 0 Å². The minimum atomic E-state index is -0.407. The number of anilines is 2. The Bertz CT molecular complexity index is 2420. The van der Waals surface area contributed by atoms with E-state index in [4.69, 9.17) is 34.8 Å². The number of fused-ring (bicyclic) bond motifs is 2. The van der Waals surface area contributed by atoms with Crippen molar-refractivity contribution >= 4 is 79.1 Å². The monoisotopic (exact) mass is 925 g/mol. The summed E-state index contributed by atoms with van der Waals surface area (Å²) < 4.78 is 0. The Hall–Kier alpha value is -4.91. The molecule has 4 atom stereocenters. The molecular formula is C50H62Cl3N9O2. The second kappa shape index (κ2) is 23.9. The quantitative estimate of drug-likeness (QED) is 0.155. The smallest absolute Gasteiger partial charge is 0.254 e. The van der Waals surface area contributed by atoms with Crippen LogP contribution < -0.4 is 15.1 Å². The van der Waals surface area contributed by atoms with E-state index in [9.17, 15) is 9.59 Å². The average molecular weight is 927 g/mol. The summed E-state index contributed by atoms with van der Waals surface area (Å²) in [4.78, 5) is 32.3. The van der Waals surface area contributed by atoms with Crippen LogP contribution in [0.5, 0.6) is 0 Å². The van der Waals surface area contributed by atoms with Crippen LogP contribution in [0.15, 0.2) is 109 Å². The minimum Gasteiger partial charge on any atom is -0.349 e. The van der Waals surface area contributed by atoms with Gasteiger partial charge < -0.3 is 20.0 Å². The normalized spacial score (nSPS) is 18.5. The molecule has 8 rings (SSSR count). The zero-order valence-electron chi connectivity index (χ0n) is 38.4. The number of carbonyl (C=O) groups is 2. The molecule has 1 N–H and O–H groups in total. The van der Waals surface area contributed by atoms with Crippen molar-refractivity contribution in [3.05, 3.63) is 131 Å². The van der Waals surface area contributed by atoms with Crippen LogP contribution in [0.25, 0.3) is 21.5 Å². The zero-order chi connectivity index (χ0) is 46.5. The van der Waals surface area contributed by atoms with E-state index in [1.807, 2.05) is 83.8 Å². The Morgan fingerprint density at radius 3 is 1.47 bits per heavy atom. The van der Waals surface area contributed by atoms with Crippen LogP contribution in [0, 0.1) is 0 Å². The van der Waals surface area contributed by atoms with E-state index in [0.29, 0.717) is 53.1 Å². The molecule has 340 valence electrons. The lowest BCUT2D eigenvalue weighted by molar-refractivity contribution is 0.0644. The third-order valence-corrected chi connectivity index (χ3v) is 12.3. The summed E-state index contributed by atoms with van der Waals surface area (Å²) in [6.45, 7) is 24.1. The fourth-order valence-electron chi connectivity index (χ4n) is 8.20. The highest BCUT2D eigenvalue weighted by molar-refractivity contribution is 6.67. The summed E-state index contributed by atoms with van der Waals surface area (Å²) in [7, 11) is 0. The average Bonchev–Trinajstić information content (AvgIpc) is 3.29. The maximum atomic E-state index is 12.9. The van der Waals surface area contributed by atoms with Crippen LogP contribution in [0.3, 0.4) is 0 Å². The van der Waals surface area contributed by atoms with Gasteiger partial charge in [-0.3, -0.25) is 14.5 Å². The first-order valence-corrected chi connectivity index (χ1v) is 23.2. The van der Waals surface area contributed by atoms with Crippen molar-refractivity contribution in [1.29, 1.82) is 0 Å². The fraction of sp³-hybridized carbons (Fsp3) is 0.400. The summed E-state index contributed by atoms with van der Waals surface area (Å²) in [6.07, 6.45) is 0. The third kappa shape index (κ3) is 12.9. The predicted octanol–water partition coefficient (Wildman–Crippen LogP) is 10.7. The van der Waals surface area contributed by atoms with Crippen molar-refractivity contribution in [1.82, 2.24) is 35.5 Å². The Labute approximate surface area is 394 Å². The molecular weight excluding hydrogens is 865 g/mol. The molecule has 11 nitrogen and oxygen atoms in total. The largest absolute Gasteiger partial charge is 0.349 e. The van der Waals surface area contributed by atoms with Crippen LogP contribution in [-0.2, 0) is 0 Å². The van der Waals surface area contributed by atoms with Gasteiger partial charge in [0.1, 0.15) is 0 Å². The fourth-order valence-corrected chi connectivity index (χ4v) is 8.73. The molecule has 2 fully saturated rings. The highest BCUT2D eigenvalue weighted by atomic mass is 35.5. The highest BCUT2D eigenvalue weighted by Crippen LogP contribution is 2.32. The number of amides is 1. The van der Waals surface area contributed by atoms with Gasteiger partial charge >= 0.3 is 0 Å². The van der Waals surface area contributed by atoms with E-state index in [0.717, 1.165) is 58.4 Å². The number of aromatic nitrogens is 4. The van der Waals surface area contributed by atoms with E-state index < -0.39 is 5.24 Å². The van der Waals surface area contributed by atoms with Crippen LogP contribution >= 0.6 is 34.8 Å². The molecule has 2 aromatic heterocycles. The molecule has 1 amide bonds. The molecule has 2 saturated heterocycles. The number of hydrogen-bond donors (Lipinski definition) is 1. The summed E-state index contributed by atoms with van der Waals surface area (Å²) in [5.41, 5.74) is 1.26. The first-order chi connectivity index (χ1) is 30.6. The second-order valence-electron chi connectivity index (χ2n) is 16.9. The Balaban J connectivity index is 0.000000180. The van der Waals surface area contributed by atoms with E-state index in [2.05, 4.69) is 109 Å². The highest BCUT2D eigenvalue weighted by Gasteiger charge is 2.34. The van der Waals surface area contributed by atoms with Crippen molar-refractivity contribution < 1.29 is 9.59 Å². The summed E-state index contributed by atoms with van der Waals surface area (Å²) in [5, 5.41) is 24.8. The van der Waals surface area contributed by atoms with Gasteiger partial charge in [-0.1, -0.05) is 127 Å². The van der Waals surface area contributed by atoms with Gasteiger partial charge in [0.2, 0.25) is 0 Å². The molecule has 6 aromatic rings. The molecule has 0 aliphatic carbocycles. The SMILES string of the molecule is CCN(C(C)C)C(C)C.C[C@H]1CN(c2nnc(Cl)c3ccccc23)[C@@H](C)CN1.C[C@H]1CN(c2nnc(Cl)c3ccccc23)[C@@H](C)CN1C(=O)c1ccccc1.O=C(Cl)c1ccccc1. The van der Waals surface area contributed by atoms with Gasteiger partial charge in [0, 0.05) is 95.1 Å². The number of halogens is 3. The van der Waals surface area contributed by atoms with E-state index in [1.54, 1.807) is 24.3 Å². The number of rotatable bonds is 7. The predicted molar refractivity (Wildman–Crippen MR) is 266 cm³/mol. The van der Waals surface area contributed by atoms with Crippen LogP contribution in [0.2, 0.25) is 10.3 Å². The standard InChI is InChI=1S/C21H21ClN4O.C14H17ClN4.C8H19N.C7H5ClO/c1-14-13-26(21(27)16-8-4-3-5-9-16)15(2)12-25(14)20-18-11-7-6-10-17(18)19(22)23-24-20;1-9-8-19(10(2)7-16-9)14-12-6-4-3-5-11(12)13(15)17-18-14;1-6-9(7(2)3)8(4)5;8-7(9)6-4-2-1-3-5-6/h3-11,14-15H,12-13H2,1-2H3;3-6,9-10,16H,7-8H2,1-2H3;7-8H,6H2,1-5H3;1-5H/t14-,15-;9-,10-;;/m00../s1. The number of carbonyl (C=O) groups excluding carboxylic acids is 2. The number of piperazine rings is 2. The Morgan fingerprint density at radius 2 is 1.05 bits per heavy atom. The van der Waals surface area contributed by atoms with E-state index in [-0.39, 0.29) is 18.0 Å². The van der Waals surface area contributed by atoms with Gasteiger partial charge in [0.15, 0.2) is 21.9 Å². The molecule has 64 heavy (non-hydrogen) atoms. The molecule has 0 bridgehead atoms. The maximum absolute atomic E-state index is 12.9. The molecule has 0 spiro atoms. The molecule has 0 saturated carbocycles. The lowest BCUT2D eigenvalue weighted by Gasteiger charge is -2.44. The molecule has 0 radical (unpaired) electrons. The number of nitrogens with zero attached hydrogens (tertiary/aromatic N) is 8. The first-order valence-electron chi connectivity index (χ1n) is 22.1. The van der Waals surface area contributed by atoms with Gasteiger partial charge in [-0.15, -0.1) is 20.4 Å². The van der Waals surface area contributed by atoms with Gasteiger partial charge in [-0.2, -0.15) is 0 Å². The van der Waals surface area contributed by atoms with E-state index in [1.165, 1.54) is 0 Å². The van der Waals surface area contributed by atoms with Crippen LogP contribution in [0.1, 0.15) is 83.0 Å². The second-order valence-corrected chi connectivity index (χ2v) is 17.9. The minimum absolute atomic E-state index is 0.0603. The van der Waals surface area contributed by atoms with Crippen molar-refractivity contribution in [2.24, 2.45) is 0 Å². The van der Waals surface area contributed by atoms with Crippen molar-refractivity contribution in [2.45, 2.75) is 98.6 Å². The number of hydrogen-bond acceptors (Lipinski definition) is 10. The molecule has 2 aliphatic heterocycles. The molecule has 14 heteroatoms. The topological polar surface area (TPSA) is 111 Å². The molecule has 2 aliphatic rings.